The van der Waals surface area contributed by atoms with Gasteiger partial charge < -0.3 is 13.9 Å². The number of ether oxygens (including phenoxy) is 2. The first kappa shape index (κ1) is 20.3. The number of fused-ring (bicyclic) bond motifs is 2. The lowest BCUT2D eigenvalue weighted by Gasteiger charge is -2.24. The maximum absolute atomic E-state index is 11.6. The average Bonchev–Trinajstić information content (AvgIpc) is 3.16. The van der Waals surface area contributed by atoms with Crippen LogP contribution in [-0.2, 0) is 16.0 Å². The number of carbonyl (C=O) groups is 1. The van der Waals surface area contributed by atoms with Crippen molar-refractivity contribution in [1.29, 1.82) is 0 Å². The van der Waals surface area contributed by atoms with Crippen molar-refractivity contribution in [2.24, 2.45) is 0 Å². The number of rotatable bonds is 6. The number of hydrogen-bond acceptors (Lipinski definition) is 4. The van der Waals surface area contributed by atoms with E-state index in [2.05, 4.69) is 42.5 Å². The number of carbonyl (C=O) groups excluding carboxylic acids is 1. The van der Waals surface area contributed by atoms with Crippen molar-refractivity contribution in [1.82, 2.24) is 0 Å². The molecular formula is C26H28O4. The molecule has 156 valence electrons. The predicted octanol–water partition coefficient (Wildman–Crippen LogP) is 6.26. The van der Waals surface area contributed by atoms with E-state index in [1.54, 1.807) is 13.0 Å². The van der Waals surface area contributed by atoms with E-state index in [-0.39, 0.29) is 18.0 Å². The summed E-state index contributed by atoms with van der Waals surface area (Å²) in [5, 5.41) is 2.36. The molecule has 1 unspecified atom stereocenters. The van der Waals surface area contributed by atoms with Gasteiger partial charge in [0, 0.05) is 29.4 Å². The van der Waals surface area contributed by atoms with Crippen LogP contribution < -0.4 is 4.74 Å². The van der Waals surface area contributed by atoms with Crippen molar-refractivity contribution >= 4 is 22.8 Å². The molecule has 1 aliphatic carbocycles. The van der Waals surface area contributed by atoms with Gasteiger partial charge in [-0.3, -0.25) is 0 Å². The third kappa shape index (κ3) is 4.13. The summed E-state index contributed by atoms with van der Waals surface area (Å²) in [6.07, 6.45) is 6.32. The van der Waals surface area contributed by atoms with Gasteiger partial charge in [-0.2, -0.15) is 0 Å². The van der Waals surface area contributed by atoms with E-state index < -0.39 is 0 Å². The smallest absolute Gasteiger partial charge is 0.330 e. The average molecular weight is 405 g/mol. The Hall–Kier alpha value is -3.01. The number of benzene rings is 2. The molecule has 0 fully saturated rings. The zero-order valence-electron chi connectivity index (χ0n) is 17.8. The summed E-state index contributed by atoms with van der Waals surface area (Å²) in [5.74, 6) is 2.55. The molecule has 4 rings (SSSR count). The molecule has 1 aliphatic rings. The Labute approximate surface area is 177 Å². The molecule has 0 amide bonds. The Morgan fingerprint density at radius 2 is 1.97 bits per heavy atom. The van der Waals surface area contributed by atoms with E-state index in [0.29, 0.717) is 12.4 Å². The van der Waals surface area contributed by atoms with E-state index >= 15 is 0 Å². The number of esters is 1. The molecule has 0 saturated carbocycles. The van der Waals surface area contributed by atoms with Crippen molar-refractivity contribution in [2.45, 2.75) is 52.1 Å². The van der Waals surface area contributed by atoms with Gasteiger partial charge in [-0.1, -0.05) is 30.3 Å². The molecule has 0 radical (unpaired) electrons. The van der Waals surface area contributed by atoms with Crippen LogP contribution in [0.2, 0.25) is 0 Å². The molecule has 2 aromatic carbocycles. The van der Waals surface area contributed by atoms with Gasteiger partial charge in [0.1, 0.15) is 17.3 Å². The van der Waals surface area contributed by atoms with Gasteiger partial charge in [0.25, 0.3) is 0 Å². The molecule has 1 aromatic heterocycles. The normalized spacial score (nSPS) is 16.2. The van der Waals surface area contributed by atoms with Crippen LogP contribution in [0.4, 0.5) is 0 Å². The summed E-state index contributed by atoms with van der Waals surface area (Å²) in [5.41, 5.74) is 2.51. The Morgan fingerprint density at radius 3 is 2.73 bits per heavy atom. The molecule has 0 bridgehead atoms. The maximum atomic E-state index is 11.6. The molecule has 0 saturated heterocycles. The highest BCUT2D eigenvalue weighted by Gasteiger charge is 2.27. The van der Waals surface area contributed by atoms with Gasteiger partial charge in [-0.05, 0) is 62.8 Å². The van der Waals surface area contributed by atoms with Crippen LogP contribution in [0, 0.1) is 0 Å². The molecule has 4 heteroatoms. The fraction of sp³-hybridized carbons (Fsp3) is 0.346. The van der Waals surface area contributed by atoms with Crippen LogP contribution in [0.5, 0.6) is 5.75 Å². The van der Waals surface area contributed by atoms with E-state index in [4.69, 9.17) is 13.9 Å². The van der Waals surface area contributed by atoms with Gasteiger partial charge >= 0.3 is 5.97 Å². The van der Waals surface area contributed by atoms with Crippen molar-refractivity contribution in [3.8, 4) is 5.75 Å². The predicted molar refractivity (Wildman–Crippen MR) is 119 cm³/mol. The van der Waals surface area contributed by atoms with Crippen LogP contribution in [0.25, 0.3) is 16.8 Å². The molecule has 0 spiro atoms. The van der Waals surface area contributed by atoms with Gasteiger partial charge in [-0.25, -0.2) is 4.79 Å². The summed E-state index contributed by atoms with van der Waals surface area (Å²) >= 11 is 0. The lowest BCUT2D eigenvalue weighted by atomic mass is 9.80. The van der Waals surface area contributed by atoms with Crippen LogP contribution in [0.3, 0.4) is 0 Å². The van der Waals surface area contributed by atoms with Crippen LogP contribution in [0.1, 0.15) is 62.2 Å². The lowest BCUT2D eigenvalue weighted by Crippen LogP contribution is -2.10. The summed E-state index contributed by atoms with van der Waals surface area (Å²) in [6.45, 7) is 6.26. The summed E-state index contributed by atoms with van der Waals surface area (Å²) < 4.78 is 17.1. The van der Waals surface area contributed by atoms with E-state index in [1.807, 2.05) is 13.8 Å². The topological polar surface area (TPSA) is 48.7 Å². The first-order valence-corrected chi connectivity index (χ1v) is 10.7. The zero-order valence-corrected chi connectivity index (χ0v) is 17.8. The Bertz CT molecular complexity index is 1070. The number of hydrogen-bond donors (Lipinski definition) is 0. The minimum absolute atomic E-state index is 0.128. The number of aryl methyl sites for hydroxylation is 1. The monoisotopic (exact) mass is 404 g/mol. The van der Waals surface area contributed by atoms with Gasteiger partial charge in [0.05, 0.1) is 12.7 Å². The SMILES string of the molecule is CCOC(=O)/C=C/c1cc2c(o1)CCCC2c1ccc(OC(C)C)c2ccccc12. The lowest BCUT2D eigenvalue weighted by molar-refractivity contribution is -0.137. The van der Waals surface area contributed by atoms with Gasteiger partial charge in [-0.15, -0.1) is 0 Å². The number of furan rings is 1. The Morgan fingerprint density at radius 1 is 1.17 bits per heavy atom. The minimum Gasteiger partial charge on any atom is -0.490 e. The highest BCUT2D eigenvalue weighted by Crippen LogP contribution is 2.42. The Balaban J connectivity index is 1.72. The summed E-state index contributed by atoms with van der Waals surface area (Å²) in [6, 6.07) is 14.8. The first-order valence-electron chi connectivity index (χ1n) is 10.7. The van der Waals surface area contributed by atoms with E-state index in [1.165, 1.54) is 22.6 Å². The van der Waals surface area contributed by atoms with Crippen molar-refractivity contribution < 1.29 is 18.7 Å². The third-order valence-corrected chi connectivity index (χ3v) is 5.46. The standard InChI is InChI=1S/C26H28O4/c1-4-28-26(27)15-12-18-16-23-20(10-7-11-24(23)30-18)21-13-14-25(29-17(2)3)22-9-6-5-8-19(21)22/h5-6,8-9,12-17,20H,4,7,10-11H2,1-3H3/b15-12+. The highest BCUT2D eigenvalue weighted by atomic mass is 16.5. The first-order chi connectivity index (χ1) is 14.6. The second-order valence-corrected chi connectivity index (χ2v) is 7.92. The van der Waals surface area contributed by atoms with Crippen LogP contribution >= 0.6 is 0 Å². The molecule has 3 aromatic rings. The molecule has 4 nitrogen and oxygen atoms in total. The highest BCUT2D eigenvalue weighted by molar-refractivity contribution is 5.92. The van der Waals surface area contributed by atoms with Gasteiger partial charge in [0.15, 0.2) is 0 Å². The van der Waals surface area contributed by atoms with Crippen molar-refractivity contribution in [2.75, 3.05) is 6.61 Å². The van der Waals surface area contributed by atoms with Gasteiger partial charge in [0.2, 0.25) is 0 Å². The Kier molecular flexibility index (Phi) is 5.93. The molecular weight excluding hydrogens is 376 g/mol. The quantitative estimate of drug-likeness (QED) is 0.359. The van der Waals surface area contributed by atoms with Crippen LogP contribution in [-0.4, -0.2) is 18.7 Å². The fourth-order valence-electron chi connectivity index (χ4n) is 4.28. The largest absolute Gasteiger partial charge is 0.490 e. The molecule has 30 heavy (non-hydrogen) atoms. The third-order valence-electron chi connectivity index (χ3n) is 5.46. The molecule has 1 atom stereocenters. The molecule has 0 aliphatic heterocycles. The second kappa shape index (κ2) is 8.78. The molecule has 1 heterocycles. The minimum atomic E-state index is -0.352. The zero-order chi connectivity index (χ0) is 21.1. The molecule has 0 N–H and O–H groups in total. The van der Waals surface area contributed by atoms with Crippen molar-refractivity contribution in [3.63, 3.8) is 0 Å². The van der Waals surface area contributed by atoms with Crippen molar-refractivity contribution in [3.05, 3.63) is 71.2 Å². The summed E-state index contributed by atoms with van der Waals surface area (Å²) in [4.78, 5) is 11.6. The van der Waals surface area contributed by atoms with E-state index in [0.717, 1.165) is 36.2 Å². The summed E-state index contributed by atoms with van der Waals surface area (Å²) in [7, 11) is 0. The van der Waals surface area contributed by atoms with E-state index in [9.17, 15) is 4.79 Å². The fourth-order valence-corrected chi connectivity index (χ4v) is 4.28. The maximum Gasteiger partial charge on any atom is 0.330 e. The second-order valence-electron chi connectivity index (χ2n) is 7.92. The van der Waals surface area contributed by atoms with Crippen LogP contribution in [0.15, 0.2) is 53.0 Å².